The van der Waals surface area contributed by atoms with Crippen LogP contribution >= 0.6 is 0 Å². The third-order valence-corrected chi connectivity index (χ3v) is 4.66. The van der Waals surface area contributed by atoms with Crippen molar-refractivity contribution in [2.24, 2.45) is 5.84 Å². The molecule has 1 atom stereocenters. The minimum Gasteiger partial charge on any atom is -0.491 e. The van der Waals surface area contributed by atoms with E-state index in [4.69, 9.17) is 10.6 Å². The standard InChI is InChI=1S/C17H29N3O/c1-13(2)21-15-10-6-5-9-14(15)16(19-18)17(20(3)4)11-7-8-12-17/h5-6,9-10,13,16,19H,7-8,11-12,18H2,1-4H3. The highest BCUT2D eigenvalue weighted by Crippen LogP contribution is 2.45. The van der Waals surface area contributed by atoms with Crippen LogP contribution in [0.25, 0.3) is 0 Å². The second-order valence-corrected chi connectivity index (χ2v) is 6.51. The Balaban J connectivity index is 2.41. The van der Waals surface area contributed by atoms with Gasteiger partial charge in [0.05, 0.1) is 12.1 Å². The van der Waals surface area contributed by atoms with Crippen LogP contribution in [0.1, 0.15) is 51.1 Å². The Hall–Kier alpha value is -1.10. The molecule has 1 aliphatic carbocycles. The van der Waals surface area contributed by atoms with Crippen LogP contribution in [0.5, 0.6) is 5.75 Å². The lowest BCUT2D eigenvalue weighted by atomic mass is 9.82. The maximum Gasteiger partial charge on any atom is 0.124 e. The first-order valence-electron chi connectivity index (χ1n) is 7.90. The molecule has 0 bridgehead atoms. The lowest BCUT2D eigenvalue weighted by Gasteiger charge is -2.43. The van der Waals surface area contributed by atoms with Crippen LogP contribution < -0.4 is 16.0 Å². The van der Waals surface area contributed by atoms with Crippen molar-refractivity contribution in [2.75, 3.05) is 14.1 Å². The average Bonchev–Trinajstić information content (AvgIpc) is 2.91. The number of benzene rings is 1. The number of hydrazine groups is 1. The fourth-order valence-electron chi connectivity index (χ4n) is 3.60. The molecule has 0 heterocycles. The van der Waals surface area contributed by atoms with Crippen molar-refractivity contribution in [3.63, 3.8) is 0 Å². The molecular formula is C17H29N3O. The van der Waals surface area contributed by atoms with Crippen LogP contribution in [-0.2, 0) is 0 Å². The molecule has 4 heteroatoms. The highest BCUT2D eigenvalue weighted by Gasteiger charge is 2.44. The van der Waals surface area contributed by atoms with Gasteiger partial charge in [-0.1, -0.05) is 31.0 Å². The molecule has 0 saturated heterocycles. The van der Waals surface area contributed by atoms with E-state index in [0.717, 1.165) is 24.2 Å². The Labute approximate surface area is 128 Å². The van der Waals surface area contributed by atoms with E-state index in [1.165, 1.54) is 12.8 Å². The summed E-state index contributed by atoms with van der Waals surface area (Å²) in [6.07, 6.45) is 4.98. The van der Waals surface area contributed by atoms with Crippen LogP contribution in [0.4, 0.5) is 0 Å². The highest BCUT2D eigenvalue weighted by atomic mass is 16.5. The number of nitrogens with two attached hydrogens (primary N) is 1. The molecule has 0 aromatic heterocycles. The molecule has 1 aromatic carbocycles. The van der Waals surface area contributed by atoms with Crippen LogP contribution in [0.15, 0.2) is 24.3 Å². The summed E-state index contributed by atoms with van der Waals surface area (Å²) in [5.74, 6) is 6.91. The van der Waals surface area contributed by atoms with E-state index in [1.54, 1.807) is 0 Å². The van der Waals surface area contributed by atoms with Crippen LogP contribution in [0, 0.1) is 0 Å². The molecule has 2 rings (SSSR count). The van der Waals surface area contributed by atoms with Crippen molar-refractivity contribution < 1.29 is 4.74 Å². The smallest absolute Gasteiger partial charge is 0.124 e. The summed E-state index contributed by atoms with van der Waals surface area (Å²) in [6, 6.07) is 8.32. The molecule has 1 saturated carbocycles. The Kier molecular flexibility index (Phi) is 5.25. The van der Waals surface area contributed by atoms with Crippen molar-refractivity contribution in [3.8, 4) is 5.75 Å². The summed E-state index contributed by atoms with van der Waals surface area (Å²) in [5, 5.41) is 0. The molecular weight excluding hydrogens is 262 g/mol. The largest absolute Gasteiger partial charge is 0.491 e. The number of ether oxygens (including phenoxy) is 1. The minimum absolute atomic E-state index is 0.0607. The molecule has 1 aliphatic rings. The van der Waals surface area contributed by atoms with E-state index in [9.17, 15) is 0 Å². The number of rotatable bonds is 6. The van der Waals surface area contributed by atoms with E-state index < -0.39 is 0 Å². The molecule has 118 valence electrons. The van der Waals surface area contributed by atoms with Crippen molar-refractivity contribution in [3.05, 3.63) is 29.8 Å². The zero-order valence-corrected chi connectivity index (χ0v) is 13.7. The van der Waals surface area contributed by atoms with Gasteiger partial charge in [0.15, 0.2) is 0 Å². The van der Waals surface area contributed by atoms with Gasteiger partial charge in [0.2, 0.25) is 0 Å². The maximum atomic E-state index is 6.00. The van der Waals surface area contributed by atoms with Gasteiger partial charge in [-0.05, 0) is 46.9 Å². The first-order chi connectivity index (χ1) is 10.0. The molecule has 1 unspecified atom stereocenters. The predicted molar refractivity (Wildman–Crippen MR) is 87.2 cm³/mol. The number of likely N-dealkylation sites (N-methyl/N-ethyl adjacent to an activating group) is 1. The predicted octanol–water partition coefficient (Wildman–Crippen LogP) is 2.85. The number of hydrogen-bond donors (Lipinski definition) is 2. The summed E-state index contributed by atoms with van der Waals surface area (Å²) in [7, 11) is 4.31. The summed E-state index contributed by atoms with van der Waals surface area (Å²) in [5.41, 5.74) is 4.29. The number of para-hydroxylation sites is 1. The molecule has 1 aromatic rings. The molecule has 4 nitrogen and oxygen atoms in total. The lowest BCUT2D eigenvalue weighted by molar-refractivity contribution is 0.102. The Morgan fingerprint density at radius 1 is 1.19 bits per heavy atom. The summed E-state index contributed by atoms with van der Waals surface area (Å²) in [6.45, 7) is 4.11. The summed E-state index contributed by atoms with van der Waals surface area (Å²) < 4.78 is 6.00. The third-order valence-electron chi connectivity index (χ3n) is 4.66. The molecule has 21 heavy (non-hydrogen) atoms. The number of nitrogens with one attached hydrogen (secondary N) is 1. The quantitative estimate of drug-likeness (QED) is 0.625. The Morgan fingerprint density at radius 3 is 2.33 bits per heavy atom. The number of hydrogen-bond acceptors (Lipinski definition) is 4. The van der Waals surface area contributed by atoms with Crippen molar-refractivity contribution in [1.29, 1.82) is 0 Å². The van der Waals surface area contributed by atoms with E-state index in [1.807, 2.05) is 12.1 Å². The first-order valence-corrected chi connectivity index (χ1v) is 7.90. The van der Waals surface area contributed by atoms with E-state index in [0.29, 0.717) is 0 Å². The fraction of sp³-hybridized carbons (Fsp3) is 0.647. The zero-order chi connectivity index (χ0) is 15.5. The van der Waals surface area contributed by atoms with Gasteiger partial charge >= 0.3 is 0 Å². The van der Waals surface area contributed by atoms with E-state index in [2.05, 4.69) is 50.4 Å². The normalized spacial score (nSPS) is 19.2. The van der Waals surface area contributed by atoms with Crippen molar-refractivity contribution >= 4 is 0 Å². The minimum atomic E-state index is 0.0607. The molecule has 1 fully saturated rings. The van der Waals surface area contributed by atoms with Crippen LogP contribution in [-0.4, -0.2) is 30.6 Å². The average molecular weight is 291 g/mol. The van der Waals surface area contributed by atoms with Crippen molar-refractivity contribution in [1.82, 2.24) is 10.3 Å². The van der Waals surface area contributed by atoms with Crippen LogP contribution in [0.3, 0.4) is 0 Å². The second-order valence-electron chi connectivity index (χ2n) is 6.51. The number of nitrogens with zero attached hydrogens (tertiary/aromatic N) is 1. The Morgan fingerprint density at radius 2 is 1.81 bits per heavy atom. The van der Waals surface area contributed by atoms with Gasteiger partial charge in [-0.25, -0.2) is 0 Å². The van der Waals surface area contributed by atoms with Crippen LogP contribution in [0.2, 0.25) is 0 Å². The molecule has 0 spiro atoms. The van der Waals surface area contributed by atoms with Gasteiger partial charge in [0, 0.05) is 11.1 Å². The van der Waals surface area contributed by atoms with Gasteiger partial charge in [-0.3, -0.25) is 11.3 Å². The topological polar surface area (TPSA) is 50.5 Å². The molecule has 0 amide bonds. The van der Waals surface area contributed by atoms with Gasteiger partial charge < -0.3 is 9.64 Å². The van der Waals surface area contributed by atoms with Crippen molar-refractivity contribution in [2.45, 2.75) is 57.2 Å². The van der Waals surface area contributed by atoms with E-state index >= 15 is 0 Å². The summed E-state index contributed by atoms with van der Waals surface area (Å²) in [4.78, 5) is 2.33. The van der Waals surface area contributed by atoms with Gasteiger partial charge in [0.1, 0.15) is 5.75 Å². The van der Waals surface area contributed by atoms with Gasteiger partial charge in [-0.2, -0.15) is 0 Å². The van der Waals surface area contributed by atoms with Gasteiger partial charge in [-0.15, -0.1) is 0 Å². The zero-order valence-electron chi connectivity index (χ0n) is 13.7. The lowest BCUT2D eigenvalue weighted by Crippen LogP contribution is -2.53. The van der Waals surface area contributed by atoms with Gasteiger partial charge in [0.25, 0.3) is 0 Å². The SMILES string of the molecule is CC(C)Oc1ccccc1C(NN)C1(N(C)C)CCCC1. The highest BCUT2D eigenvalue weighted by molar-refractivity contribution is 5.38. The molecule has 0 aliphatic heterocycles. The monoisotopic (exact) mass is 291 g/mol. The second kappa shape index (κ2) is 6.77. The fourth-order valence-corrected chi connectivity index (χ4v) is 3.60. The summed E-state index contributed by atoms with van der Waals surface area (Å²) >= 11 is 0. The first kappa shape index (κ1) is 16.3. The molecule has 3 N–H and O–H groups in total. The third kappa shape index (κ3) is 3.23. The Bertz CT molecular complexity index is 453. The van der Waals surface area contributed by atoms with E-state index in [-0.39, 0.29) is 17.7 Å². The maximum absolute atomic E-state index is 6.00. The molecule has 0 radical (unpaired) electrons.